The van der Waals surface area contributed by atoms with Crippen LogP contribution in [0.2, 0.25) is 0 Å². The first kappa shape index (κ1) is 12.9. The van der Waals surface area contributed by atoms with Gasteiger partial charge in [0, 0.05) is 30.4 Å². The summed E-state index contributed by atoms with van der Waals surface area (Å²) in [5, 5.41) is 0. The Kier molecular flexibility index (Phi) is 3.57. The van der Waals surface area contributed by atoms with Gasteiger partial charge in [-0.2, -0.15) is 0 Å². The number of carbonyl (C=O) groups excluding carboxylic acids is 1. The maximum atomic E-state index is 12.4. The second-order valence-corrected chi connectivity index (χ2v) is 5.34. The van der Waals surface area contributed by atoms with E-state index in [1.165, 1.54) is 0 Å². The molecule has 0 saturated carbocycles. The second kappa shape index (κ2) is 4.98. The Morgan fingerprint density at radius 2 is 2.11 bits per heavy atom. The third-order valence-corrected chi connectivity index (χ3v) is 3.66. The topological polar surface area (TPSA) is 49.6 Å². The van der Waals surface area contributed by atoms with Crippen LogP contribution in [0.1, 0.15) is 17.3 Å². The standard InChI is InChI=1S/C14H21N3O/c1-10-8-17(9-13(10)16(2)3)14(18)11-5-4-6-12(15)7-11/h4-7,10,13H,8-9,15H2,1-3H3. The lowest BCUT2D eigenvalue weighted by Gasteiger charge is -2.22. The molecule has 1 aromatic rings. The quantitative estimate of drug-likeness (QED) is 0.801. The number of nitrogens with two attached hydrogens (primary N) is 1. The molecule has 0 spiro atoms. The van der Waals surface area contributed by atoms with Crippen molar-refractivity contribution in [3.8, 4) is 0 Å². The normalized spacial score (nSPS) is 23.7. The number of likely N-dealkylation sites (tertiary alicyclic amines) is 1. The van der Waals surface area contributed by atoms with Crippen LogP contribution in [0, 0.1) is 5.92 Å². The molecule has 0 bridgehead atoms. The SMILES string of the molecule is CC1CN(C(=O)c2cccc(N)c2)CC1N(C)C. The number of hydrogen-bond donors (Lipinski definition) is 1. The first-order chi connectivity index (χ1) is 8.49. The Morgan fingerprint density at radius 1 is 1.39 bits per heavy atom. The predicted molar refractivity (Wildman–Crippen MR) is 73.4 cm³/mol. The molecule has 1 fully saturated rings. The number of anilines is 1. The van der Waals surface area contributed by atoms with Crippen molar-refractivity contribution in [2.24, 2.45) is 5.92 Å². The van der Waals surface area contributed by atoms with Gasteiger partial charge in [-0.25, -0.2) is 0 Å². The molecule has 1 heterocycles. The molecule has 1 aliphatic rings. The lowest BCUT2D eigenvalue weighted by Crippen LogP contribution is -2.35. The molecule has 1 amide bonds. The highest BCUT2D eigenvalue weighted by molar-refractivity contribution is 5.95. The summed E-state index contributed by atoms with van der Waals surface area (Å²) in [6, 6.07) is 7.63. The van der Waals surface area contributed by atoms with Gasteiger partial charge in [0.25, 0.3) is 5.91 Å². The lowest BCUT2D eigenvalue weighted by molar-refractivity contribution is 0.0781. The first-order valence-corrected chi connectivity index (χ1v) is 6.30. The summed E-state index contributed by atoms with van der Waals surface area (Å²) in [5.74, 6) is 0.587. The average molecular weight is 247 g/mol. The smallest absolute Gasteiger partial charge is 0.253 e. The van der Waals surface area contributed by atoms with Crippen molar-refractivity contribution in [3.05, 3.63) is 29.8 Å². The maximum Gasteiger partial charge on any atom is 0.253 e. The van der Waals surface area contributed by atoms with E-state index in [0.717, 1.165) is 13.1 Å². The largest absolute Gasteiger partial charge is 0.399 e. The van der Waals surface area contributed by atoms with Crippen LogP contribution in [0.5, 0.6) is 0 Å². The summed E-state index contributed by atoms with van der Waals surface area (Å²) >= 11 is 0. The molecule has 1 saturated heterocycles. The summed E-state index contributed by atoms with van der Waals surface area (Å²) in [7, 11) is 4.13. The zero-order chi connectivity index (χ0) is 13.3. The highest BCUT2D eigenvalue weighted by atomic mass is 16.2. The minimum Gasteiger partial charge on any atom is -0.399 e. The van der Waals surface area contributed by atoms with E-state index in [1.54, 1.807) is 12.1 Å². The van der Waals surface area contributed by atoms with Gasteiger partial charge in [0.1, 0.15) is 0 Å². The molecule has 2 N–H and O–H groups in total. The molecule has 1 aliphatic heterocycles. The Hall–Kier alpha value is -1.55. The van der Waals surface area contributed by atoms with Crippen LogP contribution in [0.25, 0.3) is 0 Å². The van der Waals surface area contributed by atoms with E-state index in [-0.39, 0.29) is 5.91 Å². The number of amides is 1. The van der Waals surface area contributed by atoms with E-state index < -0.39 is 0 Å². The summed E-state index contributed by atoms with van der Waals surface area (Å²) in [6.07, 6.45) is 0. The van der Waals surface area contributed by atoms with E-state index in [4.69, 9.17) is 5.73 Å². The summed E-state index contributed by atoms with van der Waals surface area (Å²) in [4.78, 5) is 16.5. The summed E-state index contributed by atoms with van der Waals surface area (Å²) in [5.41, 5.74) is 7.04. The van der Waals surface area contributed by atoms with E-state index in [2.05, 4.69) is 25.9 Å². The fraction of sp³-hybridized carbons (Fsp3) is 0.500. The molecular formula is C14H21N3O. The summed E-state index contributed by atoms with van der Waals surface area (Å²) in [6.45, 7) is 3.80. The molecule has 4 heteroatoms. The Bertz CT molecular complexity index is 444. The van der Waals surface area contributed by atoms with Gasteiger partial charge in [0.15, 0.2) is 0 Å². The third kappa shape index (κ3) is 2.48. The molecule has 98 valence electrons. The molecule has 2 rings (SSSR count). The molecule has 2 unspecified atom stereocenters. The minimum atomic E-state index is 0.0819. The fourth-order valence-electron chi connectivity index (χ4n) is 2.64. The van der Waals surface area contributed by atoms with Gasteiger partial charge in [-0.05, 0) is 38.2 Å². The zero-order valence-corrected chi connectivity index (χ0v) is 11.3. The van der Waals surface area contributed by atoms with Crippen molar-refractivity contribution in [3.63, 3.8) is 0 Å². The van der Waals surface area contributed by atoms with Crippen molar-refractivity contribution >= 4 is 11.6 Å². The van der Waals surface area contributed by atoms with Crippen molar-refractivity contribution in [2.45, 2.75) is 13.0 Å². The van der Waals surface area contributed by atoms with E-state index in [0.29, 0.717) is 23.2 Å². The molecular weight excluding hydrogens is 226 g/mol. The molecule has 18 heavy (non-hydrogen) atoms. The highest BCUT2D eigenvalue weighted by Crippen LogP contribution is 2.22. The summed E-state index contributed by atoms with van der Waals surface area (Å²) < 4.78 is 0. The predicted octanol–water partition coefficient (Wildman–Crippen LogP) is 1.29. The maximum absolute atomic E-state index is 12.4. The van der Waals surface area contributed by atoms with Crippen molar-refractivity contribution in [1.29, 1.82) is 0 Å². The molecule has 4 nitrogen and oxygen atoms in total. The molecule has 2 atom stereocenters. The third-order valence-electron chi connectivity index (χ3n) is 3.66. The number of nitrogens with zero attached hydrogens (tertiary/aromatic N) is 2. The number of likely N-dealkylation sites (N-methyl/N-ethyl adjacent to an activating group) is 1. The van der Waals surface area contributed by atoms with Crippen LogP contribution in [0.4, 0.5) is 5.69 Å². The van der Waals surface area contributed by atoms with Gasteiger partial charge < -0.3 is 15.5 Å². The Balaban J connectivity index is 2.12. The fourth-order valence-corrected chi connectivity index (χ4v) is 2.64. The van der Waals surface area contributed by atoms with Gasteiger partial charge in [0.05, 0.1) is 0 Å². The monoisotopic (exact) mass is 247 g/mol. The average Bonchev–Trinajstić information content (AvgIpc) is 2.70. The van der Waals surface area contributed by atoms with Crippen LogP contribution in [0.3, 0.4) is 0 Å². The number of nitrogen functional groups attached to an aromatic ring is 1. The molecule has 0 aromatic heterocycles. The van der Waals surface area contributed by atoms with Crippen LogP contribution >= 0.6 is 0 Å². The number of benzene rings is 1. The van der Waals surface area contributed by atoms with Gasteiger partial charge in [-0.3, -0.25) is 4.79 Å². The molecule has 0 radical (unpaired) electrons. The van der Waals surface area contributed by atoms with Crippen molar-refractivity contribution in [2.75, 3.05) is 32.9 Å². The Labute approximate surface area is 108 Å². The van der Waals surface area contributed by atoms with Gasteiger partial charge in [0.2, 0.25) is 0 Å². The van der Waals surface area contributed by atoms with Crippen LogP contribution in [-0.2, 0) is 0 Å². The molecule has 1 aromatic carbocycles. The van der Waals surface area contributed by atoms with E-state index in [9.17, 15) is 4.79 Å². The van der Waals surface area contributed by atoms with Crippen LogP contribution < -0.4 is 5.73 Å². The number of carbonyl (C=O) groups is 1. The molecule has 0 aliphatic carbocycles. The second-order valence-electron chi connectivity index (χ2n) is 5.34. The van der Waals surface area contributed by atoms with Gasteiger partial charge in [-0.1, -0.05) is 13.0 Å². The van der Waals surface area contributed by atoms with Crippen molar-refractivity contribution < 1.29 is 4.79 Å². The van der Waals surface area contributed by atoms with Crippen molar-refractivity contribution in [1.82, 2.24) is 9.80 Å². The number of rotatable bonds is 2. The first-order valence-electron chi connectivity index (χ1n) is 6.30. The number of hydrogen-bond acceptors (Lipinski definition) is 3. The zero-order valence-electron chi connectivity index (χ0n) is 11.3. The van der Waals surface area contributed by atoms with Gasteiger partial charge >= 0.3 is 0 Å². The Morgan fingerprint density at radius 3 is 2.67 bits per heavy atom. The van der Waals surface area contributed by atoms with Crippen LogP contribution in [-0.4, -0.2) is 48.9 Å². The van der Waals surface area contributed by atoms with Crippen LogP contribution in [0.15, 0.2) is 24.3 Å². The highest BCUT2D eigenvalue weighted by Gasteiger charge is 2.33. The lowest BCUT2D eigenvalue weighted by atomic mass is 10.1. The minimum absolute atomic E-state index is 0.0819. The van der Waals surface area contributed by atoms with E-state index in [1.807, 2.05) is 17.0 Å². The van der Waals surface area contributed by atoms with E-state index >= 15 is 0 Å². The van der Waals surface area contributed by atoms with Gasteiger partial charge in [-0.15, -0.1) is 0 Å².